The van der Waals surface area contributed by atoms with Crippen LogP contribution in [0.5, 0.6) is 0 Å². The third-order valence-corrected chi connectivity index (χ3v) is 3.30. The predicted molar refractivity (Wildman–Crippen MR) is 73.7 cm³/mol. The molecule has 0 spiro atoms. The summed E-state index contributed by atoms with van der Waals surface area (Å²) in [6, 6.07) is 5.70. The summed E-state index contributed by atoms with van der Waals surface area (Å²) in [5.74, 6) is 0.339. The van der Waals surface area contributed by atoms with Gasteiger partial charge in [-0.1, -0.05) is 15.9 Å². The van der Waals surface area contributed by atoms with Gasteiger partial charge in [0.1, 0.15) is 12.4 Å². The molecule has 6 heteroatoms. The number of esters is 1. The van der Waals surface area contributed by atoms with Crippen molar-refractivity contribution in [1.82, 2.24) is 9.55 Å². The standard InChI is InChI=1S/C12H12BrClN2O2/c1-7(14)12-15-9-5-8(13)3-4-10(9)16(12)6-11(17)18-2/h3-5,7H,6H2,1-2H3. The molecular formula is C12H12BrClN2O2. The van der Waals surface area contributed by atoms with Gasteiger partial charge in [-0.15, -0.1) is 11.6 Å². The number of methoxy groups -OCH3 is 1. The summed E-state index contributed by atoms with van der Waals surface area (Å²) in [5.41, 5.74) is 1.67. The highest BCUT2D eigenvalue weighted by Crippen LogP contribution is 2.26. The molecular weight excluding hydrogens is 320 g/mol. The van der Waals surface area contributed by atoms with E-state index in [0.29, 0.717) is 5.82 Å². The highest BCUT2D eigenvalue weighted by molar-refractivity contribution is 9.10. The van der Waals surface area contributed by atoms with Crippen LogP contribution in [0.2, 0.25) is 0 Å². The monoisotopic (exact) mass is 330 g/mol. The molecule has 4 nitrogen and oxygen atoms in total. The van der Waals surface area contributed by atoms with E-state index in [1.807, 2.05) is 25.1 Å². The Hall–Kier alpha value is -1.07. The number of imidazole rings is 1. The summed E-state index contributed by atoms with van der Waals surface area (Å²) >= 11 is 9.49. The zero-order valence-electron chi connectivity index (χ0n) is 9.98. The van der Waals surface area contributed by atoms with Crippen molar-refractivity contribution in [2.24, 2.45) is 0 Å². The van der Waals surface area contributed by atoms with Crippen LogP contribution >= 0.6 is 27.5 Å². The molecule has 1 heterocycles. The van der Waals surface area contributed by atoms with Gasteiger partial charge in [-0.2, -0.15) is 0 Å². The largest absolute Gasteiger partial charge is 0.468 e. The van der Waals surface area contributed by atoms with Gasteiger partial charge in [-0.05, 0) is 25.1 Å². The first-order chi connectivity index (χ1) is 8.52. The maximum absolute atomic E-state index is 11.4. The average molecular weight is 332 g/mol. The predicted octanol–water partition coefficient (Wildman–Crippen LogP) is 3.27. The second-order valence-corrected chi connectivity index (χ2v) is 5.45. The van der Waals surface area contributed by atoms with Crippen molar-refractivity contribution in [3.8, 4) is 0 Å². The molecule has 2 aromatic rings. The Morgan fingerprint density at radius 2 is 2.33 bits per heavy atom. The van der Waals surface area contributed by atoms with E-state index in [9.17, 15) is 4.79 Å². The van der Waals surface area contributed by atoms with E-state index >= 15 is 0 Å². The van der Waals surface area contributed by atoms with E-state index in [1.165, 1.54) is 7.11 Å². The quantitative estimate of drug-likeness (QED) is 0.640. The highest BCUT2D eigenvalue weighted by atomic mass is 79.9. The molecule has 1 atom stereocenters. The number of carbonyl (C=O) groups is 1. The van der Waals surface area contributed by atoms with Gasteiger partial charge < -0.3 is 9.30 Å². The van der Waals surface area contributed by atoms with Gasteiger partial charge in [-0.25, -0.2) is 4.98 Å². The summed E-state index contributed by atoms with van der Waals surface area (Å²) in [6.07, 6.45) is 0. The van der Waals surface area contributed by atoms with Crippen LogP contribution in [-0.4, -0.2) is 22.6 Å². The Morgan fingerprint density at radius 1 is 1.61 bits per heavy atom. The van der Waals surface area contributed by atoms with Crippen LogP contribution in [-0.2, 0) is 16.1 Å². The minimum absolute atomic E-state index is 0.112. The number of ether oxygens (including phenoxy) is 1. The Kier molecular flexibility index (Phi) is 3.92. The van der Waals surface area contributed by atoms with E-state index in [-0.39, 0.29) is 17.9 Å². The molecule has 18 heavy (non-hydrogen) atoms. The zero-order valence-corrected chi connectivity index (χ0v) is 12.3. The second-order valence-electron chi connectivity index (χ2n) is 3.88. The fourth-order valence-electron chi connectivity index (χ4n) is 1.79. The van der Waals surface area contributed by atoms with E-state index in [2.05, 4.69) is 20.9 Å². The number of fused-ring (bicyclic) bond motifs is 1. The number of nitrogens with zero attached hydrogens (tertiary/aromatic N) is 2. The van der Waals surface area contributed by atoms with Gasteiger partial charge in [0.05, 0.1) is 23.5 Å². The van der Waals surface area contributed by atoms with E-state index in [4.69, 9.17) is 16.3 Å². The summed E-state index contributed by atoms with van der Waals surface area (Å²) in [6.45, 7) is 1.94. The summed E-state index contributed by atoms with van der Waals surface area (Å²) in [4.78, 5) is 15.9. The number of hydrogen-bond acceptors (Lipinski definition) is 3. The summed E-state index contributed by atoms with van der Waals surface area (Å²) in [7, 11) is 1.36. The third kappa shape index (κ3) is 2.52. The van der Waals surface area contributed by atoms with Crippen LogP contribution in [0.25, 0.3) is 11.0 Å². The molecule has 96 valence electrons. The van der Waals surface area contributed by atoms with Crippen molar-refractivity contribution in [1.29, 1.82) is 0 Å². The van der Waals surface area contributed by atoms with Crippen molar-refractivity contribution in [3.05, 3.63) is 28.5 Å². The number of aromatic nitrogens is 2. The third-order valence-electron chi connectivity index (χ3n) is 2.61. The minimum atomic E-state index is -0.323. The van der Waals surface area contributed by atoms with Crippen LogP contribution in [0.1, 0.15) is 18.1 Å². The maximum Gasteiger partial charge on any atom is 0.325 e. The number of benzene rings is 1. The number of rotatable bonds is 3. The zero-order chi connectivity index (χ0) is 13.3. The van der Waals surface area contributed by atoms with Crippen LogP contribution in [0, 0.1) is 0 Å². The van der Waals surface area contributed by atoms with Gasteiger partial charge in [0.25, 0.3) is 0 Å². The van der Waals surface area contributed by atoms with Gasteiger partial charge in [0.15, 0.2) is 0 Å². The van der Waals surface area contributed by atoms with Gasteiger partial charge >= 0.3 is 5.97 Å². The molecule has 0 saturated carbocycles. The second kappa shape index (κ2) is 5.28. The van der Waals surface area contributed by atoms with Crippen LogP contribution in [0.4, 0.5) is 0 Å². The number of hydrogen-bond donors (Lipinski definition) is 0. The summed E-state index contributed by atoms with van der Waals surface area (Å²) < 4.78 is 7.41. The SMILES string of the molecule is COC(=O)Cn1c(C(C)Cl)nc2cc(Br)ccc21. The van der Waals surface area contributed by atoms with Crippen LogP contribution < -0.4 is 0 Å². The van der Waals surface area contributed by atoms with Crippen molar-refractivity contribution in [2.75, 3.05) is 7.11 Å². The Morgan fingerprint density at radius 3 is 2.94 bits per heavy atom. The van der Waals surface area contributed by atoms with Crippen molar-refractivity contribution < 1.29 is 9.53 Å². The summed E-state index contributed by atoms with van der Waals surface area (Å²) in [5, 5.41) is -0.277. The van der Waals surface area contributed by atoms with Crippen LogP contribution in [0.15, 0.2) is 22.7 Å². The molecule has 1 unspecified atom stereocenters. The fraction of sp³-hybridized carbons (Fsp3) is 0.333. The number of halogens is 2. The molecule has 0 aliphatic heterocycles. The minimum Gasteiger partial charge on any atom is -0.468 e. The average Bonchev–Trinajstić information content (AvgIpc) is 2.67. The highest BCUT2D eigenvalue weighted by Gasteiger charge is 2.17. The first kappa shape index (κ1) is 13.4. The van der Waals surface area contributed by atoms with E-state index < -0.39 is 0 Å². The molecule has 0 N–H and O–H groups in total. The fourth-order valence-corrected chi connectivity index (χ4v) is 2.30. The molecule has 0 aliphatic carbocycles. The number of alkyl halides is 1. The first-order valence-electron chi connectivity index (χ1n) is 5.39. The Labute approximate surface area is 118 Å². The Balaban J connectivity index is 2.59. The molecule has 0 radical (unpaired) electrons. The van der Waals surface area contributed by atoms with Crippen molar-refractivity contribution in [2.45, 2.75) is 18.8 Å². The van der Waals surface area contributed by atoms with Crippen molar-refractivity contribution >= 4 is 44.5 Å². The lowest BCUT2D eigenvalue weighted by atomic mass is 10.3. The van der Waals surface area contributed by atoms with E-state index in [1.54, 1.807) is 4.57 Å². The normalized spacial score (nSPS) is 12.7. The molecule has 0 bridgehead atoms. The van der Waals surface area contributed by atoms with Gasteiger partial charge in [0, 0.05) is 4.47 Å². The maximum atomic E-state index is 11.4. The molecule has 1 aromatic carbocycles. The van der Waals surface area contributed by atoms with E-state index in [0.717, 1.165) is 15.5 Å². The molecule has 0 amide bonds. The topological polar surface area (TPSA) is 44.1 Å². The molecule has 0 saturated heterocycles. The molecule has 1 aromatic heterocycles. The smallest absolute Gasteiger partial charge is 0.325 e. The van der Waals surface area contributed by atoms with Crippen LogP contribution in [0.3, 0.4) is 0 Å². The molecule has 2 rings (SSSR count). The Bertz CT molecular complexity index is 595. The van der Waals surface area contributed by atoms with Crippen molar-refractivity contribution in [3.63, 3.8) is 0 Å². The molecule has 0 fully saturated rings. The van der Waals surface area contributed by atoms with Gasteiger partial charge in [0.2, 0.25) is 0 Å². The van der Waals surface area contributed by atoms with Gasteiger partial charge in [-0.3, -0.25) is 4.79 Å². The lowest BCUT2D eigenvalue weighted by molar-refractivity contribution is -0.141. The first-order valence-corrected chi connectivity index (χ1v) is 6.62. The molecule has 0 aliphatic rings. The lowest BCUT2D eigenvalue weighted by Crippen LogP contribution is -2.14. The number of carbonyl (C=O) groups excluding carboxylic acids is 1. The lowest BCUT2D eigenvalue weighted by Gasteiger charge is -2.08.